The molecule has 0 unspecified atom stereocenters. The summed E-state index contributed by atoms with van der Waals surface area (Å²) in [4.78, 5) is 23.6. The molecule has 0 amide bonds. The van der Waals surface area contributed by atoms with Crippen LogP contribution in [0.1, 0.15) is 78.1 Å². The minimum absolute atomic E-state index is 0.157. The molecular weight excluding hydrogens is 673 g/mol. The Hall–Kier alpha value is 1.62. The number of unbranched alkanes of at least 4 members (excludes halogenated alkanes) is 2. The van der Waals surface area contributed by atoms with Crippen LogP contribution < -0.4 is 0 Å². The van der Waals surface area contributed by atoms with Gasteiger partial charge in [0.1, 0.15) is 0 Å². The van der Waals surface area contributed by atoms with E-state index in [-0.39, 0.29) is 10.2 Å². The van der Waals surface area contributed by atoms with Crippen LogP contribution >= 0.6 is 94.1 Å². The SMILES string of the molecule is C=C(C)C(=O)SCCCCC1(CSCC2CCC(CSCC3(CCCCSC(=O)C(=C)C)SCCS3)CC2)SCCS1. The lowest BCUT2D eigenvalue weighted by molar-refractivity contribution is -0.108. The van der Waals surface area contributed by atoms with E-state index in [1.807, 2.05) is 13.8 Å². The van der Waals surface area contributed by atoms with Crippen LogP contribution in [0, 0.1) is 11.8 Å². The van der Waals surface area contributed by atoms with Crippen LogP contribution in [0.2, 0.25) is 0 Å². The highest BCUT2D eigenvalue weighted by Crippen LogP contribution is 2.51. The van der Waals surface area contributed by atoms with Crippen molar-refractivity contribution in [3.8, 4) is 0 Å². The molecule has 2 heterocycles. The van der Waals surface area contributed by atoms with Crippen LogP contribution in [0.15, 0.2) is 24.3 Å². The zero-order valence-corrected chi connectivity index (χ0v) is 32.3. The van der Waals surface area contributed by atoms with Gasteiger partial charge in [0, 0.05) is 46.0 Å². The maximum atomic E-state index is 11.8. The van der Waals surface area contributed by atoms with Crippen molar-refractivity contribution in [2.45, 2.75) is 86.2 Å². The van der Waals surface area contributed by atoms with E-state index < -0.39 is 0 Å². The van der Waals surface area contributed by atoms with Crippen molar-refractivity contribution in [2.24, 2.45) is 11.8 Å². The van der Waals surface area contributed by atoms with Gasteiger partial charge < -0.3 is 0 Å². The van der Waals surface area contributed by atoms with Gasteiger partial charge in [-0.3, -0.25) is 9.59 Å². The van der Waals surface area contributed by atoms with Gasteiger partial charge in [0.05, 0.1) is 8.16 Å². The summed E-state index contributed by atoms with van der Waals surface area (Å²) in [6, 6.07) is 0. The molecule has 0 aromatic carbocycles. The predicted molar refractivity (Wildman–Crippen MR) is 208 cm³/mol. The number of carbonyl (C=O) groups excluding carboxylic acids is 2. The van der Waals surface area contributed by atoms with E-state index in [0.29, 0.717) is 19.3 Å². The second kappa shape index (κ2) is 20.8. The summed E-state index contributed by atoms with van der Waals surface area (Å²) >= 11 is 16.2. The Morgan fingerprint density at radius 3 is 1.33 bits per heavy atom. The molecule has 0 radical (unpaired) electrons. The maximum absolute atomic E-state index is 11.8. The Morgan fingerprint density at radius 2 is 1.00 bits per heavy atom. The third kappa shape index (κ3) is 14.2. The zero-order valence-electron chi connectivity index (χ0n) is 25.8. The van der Waals surface area contributed by atoms with Crippen molar-refractivity contribution in [3.05, 3.63) is 24.3 Å². The van der Waals surface area contributed by atoms with Crippen LogP contribution in [-0.4, -0.2) is 75.9 Å². The van der Waals surface area contributed by atoms with Crippen molar-refractivity contribution < 1.29 is 9.59 Å². The molecule has 2 aliphatic heterocycles. The molecule has 3 aliphatic rings. The van der Waals surface area contributed by atoms with Crippen molar-refractivity contribution in [2.75, 3.05) is 57.5 Å². The molecular formula is C32H52O2S8. The summed E-state index contributed by atoms with van der Waals surface area (Å²) in [5, 5.41) is 0.314. The summed E-state index contributed by atoms with van der Waals surface area (Å²) in [7, 11) is 0. The second-order valence-corrected chi connectivity index (χ2v) is 22.5. The first kappa shape index (κ1) is 38.1. The van der Waals surface area contributed by atoms with Gasteiger partial charge in [-0.05, 0) is 99.7 Å². The Morgan fingerprint density at radius 1 is 0.643 bits per heavy atom. The van der Waals surface area contributed by atoms with Crippen molar-refractivity contribution in [1.82, 2.24) is 0 Å². The minimum Gasteiger partial charge on any atom is -0.282 e. The van der Waals surface area contributed by atoms with Crippen LogP contribution in [0.5, 0.6) is 0 Å². The molecule has 0 bridgehead atoms. The summed E-state index contributed by atoms with van der Waals surface area (Å²) in [5.41, 5.74) is 1.34. The van der Waals surface area contributed by atoms with Crippen molar-refractivity contribution >= 4 is 104 Å². The molecule has 0 N–H and O–H groups in total. The molecule has 1 saturated carbocycles. The highest BCUT2D eigenvalue weighted by atomic mass is 32.2. The fraction of sp³-hybridized carbons (Fsp3) is 0.812. The van der Waals surface area contributed by atoms with Crippen LogP contribution in [0.4, 0.5) is 0 Å². The minimum atomic E-state index is 0.157. The Kier molecular flexibility index (Phi) is 18.8. The van der Waals surface area contributed by atoms with Crippen LogP contribution in [-0.2, 0) is 9.59 Å². The quantitative estimate of drug-likeness (QED) is 0.0894. The lowest BCUT2D eigenvalue weighted by Crippen LogP contribution is -2.24. The van der Waals surface area contributed by atoms with E-state index in [9.17, 15) is 9.59 Å². The zero-order chi connectivity index (χ0) is 30.3. The average molecular weight is 725 g/mol. The standard InChI is InChI=1S/C32H52O2S8/c1-25(2)29(33)37-15-7-5-13-31(39-17-18-40-31)23-35-21-27-9-11-28(12-10-27)22-36-24-32(41-19-20-42-32)14-6-8-16-38-30(34)26(3)4/h27-28H,1,3,5-24H2,2,4H3. The van der Waals surface area contributed by atoms with Gasteiger partial charge in [0.25, 0.3) is 0 Å². The Bertz CT molecular complexity index is 789. The molecule has 0 atom stereocenters. The first-order valence-electron chi connectivity index (χ1n) is 15.6. The Labute approximate surface area is 291 Å². The molecule has 0 aromatic rings. The largest absolute Gasteiger partial charge is 0.282 e. The molecule has 3 rings (SSSR count). The van der Waals surface area contributed by atoms with Gasteiger partial charge >= 0.3 is 0 Å². The average Bonchev–Trinajstić information content (AvgIpc) is 3.64. The van der Waals surface area contributed by atoms with E-state index in [1.54, 1.807) is 0 Å². The number of carbonyl (C=O) groups is 2. The number of thioether (sulfide) groups is 8. The number of hydrogen-bond acceptors (Lipinski definition) is 10. The smallest absolute Gasteiger partial charge is 0.214 e. The summed E-state index contributed by atoms with van der Waals surface area (Å²) in [6.45, 7) is 11.1. The van der Waals surface area contributed by atoms with E-state index in [0.717, 1.165) is 36.2 Å². The summed E-state index contributed by atoms with van der Waals surface area (Å²) in [6.07, 6.45) is 13.0. The second-order valence-electron chi connectivity index (χ2n) is 11.9. The third-order valence-corrected chi connectivity index (χ3v) is 20.8. The summed E-state index contributed by atoms with van der Waals surface area (Å²) < 4.78 is 0.823. The normalized spacial score (nSPS) is 23.2. The number of rotatable bonds is 20. The molecule has 10 heteroatoms. The van der Waals surface area contributed by atoms with Gasteiger partial charge in [0.15, 0.2) is 0 Å². The van der Waals surface area contributed by atoms with Gasteiger partial charge in [-0.25, -0.2) is 0 Å². The lowest BCUT2D eigenvalue weighted by Gasteiger charge is -2.32. The van der Waals surface area contributed by atoms with Gasteiger partial charge in [0.2, 0.25) is 10.2 Å². The van der Waals surface area contributed by atoms with Gasteiger partial charge in [-0.2, -0.15) is 23.5 Å². The first-order valence-corrected chi connectivity index (χ1v) is 23.8. The van der Waals surface area contributed by atoms with Gasteiger partial charge in [-0.1, -0.05) is 49.5 Å². The molecule has 0 aromatic heterocycles. The predicted octanol–water partition coefficient (Wildman–Crippen LogP) is 10.6. The molecule has 0 spiro atoms. The van der Waals surface area contributed by atoms with E-state index in [1.165, 1.54) is 121 Å². The molecule has 240 valence electrons. The van der Waals surface area contributed by atoms with Crippen molar-refractivity contribution in [3.63, 3.8) is 0 Å². The van der Waals surface area contributed by atoms with Crippen molar-refractivity contribution in [1.29, 1.82) is 0 Å². The highest BCUT2D eigenvalue weighted by Gasteiger charge is 2.36. The number of hydrogen-bond donors (Lipinski definition) is 0. The first-order chi connectivity index (χ1) is 20.2. The molecule has 3 fully saturated rings. The fourth-order valence-corrected chi connectivity index (χ4v) is 17.5. The van der Waals surface area contributed by atoms with Gasteiger partial charge in [-0.15, -0.1) is 47.0 Å². The maximum Gasteiger partial charge on any atom is 0.214 e. The van der Waals surface area contributed by atoms with Crippen LogP contribution in [0.3, 0.4) is 0 Å². The van der Waals surface area contributed by atoms with E-state index in [2.05, 4.69) is 83.7 Å². The topological polar surface area (TPSA) is 34.1 Å². The highest BCUT2D eigenvalue weighted by molar-refractivity contribution is 8.22. The summed E-state index contributed by atoms with van der Waals surface area (Å²) in [5.74, 6) is 14.1. The Balaban J connectivity index is 1.26. The van der Waals surface area contributed by atoms with E-state index in [4.69, 9.17) is 0 Å². The molecule has 2 nitrogen and oxygen atoms in total. The van der Waals surface area contributed by atoms with E-state index >= 15 is 0 Å². The molecule has 1 aliphatic carbocycles. The fourth-order valence-electron chi connectivity index (χ4n) is 5.49. The lowest BCUT2D eigenvalue weighted by atomic mass is 9.84. The molecule has 42 heavy (non-hydrogen) atoms. The molecule has 2 saturated heterocycles. The third-order valence-electron chi connectivity index (χ3n) is 8.01. The van der Waals surface area contributed by atoms with Crippen LogP contribution in [0.25, 0.3) is 0 Å². The monoisotopic (exact) mass is 724 g/mol.